The molecule has 0 aliphatic carbocycles. The van der Waals surface area contributed by atoms with E-state index < -0.39 is 0 Å². The number of nitrogens with one attached hydrogen (secondary N) is 1. The Morgan fingerprint density at radius 3 is 2.53 bits per heavy atom. The van der Waals surface area contributed by atoms with Gasteiger partial charge in [-0.3, -0.25) is 9.69 Å². The summed E-state index contributed by atoms with van der Waals surface area (Å²) in [5, 5.41) is 5.44. The molecule has 0 unspecified atom stereocenters. The zero-order chi connectivity index (χ0) is 14.4. The average Bonchev–Trinajstić information content (AvgIpc) is 2.82. The number of carbonyl (C=O) groups excluding carboxylic acids is 1. The predicted octanol–water partition coefficient (Wildman–Crippen LogP) is 1.45. The fourth-order valence-corrected chi connectivity index (χ4v) is 2.67. The summed E-state index contributed by atoms with van der Waals surface area (Å²) in [5.41, 5.74) is 5.94. The Bertz CT molecular complexity index is 395. The van der Waals surface area contributed by atoms with Crippen LogP contribution in [0.4, 0.5) is 0 Å². The highest BCUT2D eigenvalue weighted by atomic mass is 32.1. The molecule has 0 spiro atoms. The molecule has 1 amide bonds. The number of aromatic nitrogens is 1. The first kappa shape index (κ1) is 16.1. The first-order valence-corrected chi connectivity index (χ1v) is 7.52. The second-order valence-electron chi connectivity index (χ2n) is 5.01. The number of amides is 1. The Hall–Kier alpha value is -0.980. The van der Waals surface area contributed by atoms with Crippen molar-refractivity contribution in [2.75, 3.05) is 13.1 Å². The van der Waals surface area contributed by atoms with Crippen LogP contribution in [0.3, 0.4) is 0 Å². The average molecular weight is 284 g/mol. The molecule has 0 fully saturated rings. The van der Waals surface area contributed by atoms with E-state index in [0.717, 1.165) is 11.6 Å². The summed E-state index contributed by atoms with van der Waals surface area (Å²) < 4.78 is 0. The van der Waals surface area contributed by atoms with Crippen molar-refractivity contribution in [1.82, 2.24) is 15.2 Å². The summed E-state index contributed by atoms with van der Waals surface area (Å²) in [5.74, 6) is -0.122. The quantitative estimate of drug-likeness (QED) is 0.795. The van der Waals surface area contributed by atoms with Crippen LogP contribution in [0.5, 0.6) is 0 Å². The van der Waals surface area contributed by atoms with Crippen molar-refractivity contribution in [3.05, 3.63) is 16.1 Å². The highest BCUT2D eigenvalue weighted by Gasteiger charge is 2.14. The van der Waals surface area contributed by atoms with Gasteiger partial charge in [0.05, 0.1) is 0 Å². The maximum atomic E-state index is 11.9. The second-order valence-corrected chi connectivity index (χ2v) is 5.95. The number of hydrogen-bond acceptors (Lipinski definition) is 5. The third-order valence-corrected chi connectivity index (χ3v) is 3.81. The van der Waals surface area contributed by atoms with Gasteiger partial charge in [0, 0.05) is 37.1 Å². The highest BCUT2D eigenvalue weighted by Crippen LogP contribution is 2.08. The molecule has 108 valence electrons. The van der Waals surface area contributed by atoms with Gasteiger partial charge >= 0.3 is 0 Å². The first-order chi connectivity index (χ1) is 8.95. The number of hydrogen-bond donors (Lipinski definition) is 2. The first-order valence-electron chi connectivity index (χ1n) is 6.64. The van der Waals surface area contributed by atoms with E-state index in [2.05, 4.69) is 42.9 Å². The molecule has 0 aliphatic rings. The number of rotatable bonds is 7. The van der Waals surface area contributed by atoms with E-state index in [9.17, 15) is 4.79 Å². The van der Waals surface area contributed by atoms with E-state index in [0.29, 0.717) is 30.9 Å². The monoisotopic (exact) mass is 284 g/mol. The molecule has 1 rings (SSSR count). The largest absolute Gasteiger partial charge is 0.349 e. The molecule has 1 heterocycles. The van der Waals surface area contributed by atoms with Crippen molar-refractivity contribution in [3.63, 3.8) is 0 Å². The van der Waals surface area contributed by atoms with Crippen molar-refractivity contribution in [2.24, 2.45) is 5.73 Å². The standard InChI is InChI=1S/C13H24N4OS/c1-9(2)17(10(3)4)6-5-15-13(18)11-8-19-12(7-14)16-11/h8-10H,5-7,14H2,1-4H3,(H,15,18). The van der Waals surface area contributed by atoms with Crippen LogP contribution in [-0.2, 0) is 6.54 Å². The molecular formula is C13H24N4OS. The van der Waals surface area contributed by atoms with E-state index in [-0.39, 0.29) is 5.91 Å². The third kappa shape index (κ3) is 4.89. The van der Waals surface area contributed by atoms with Gasteiger partial charge in [0.15, 0.2) is 0 Å². The smallest absolute Gasteiger partial charge is 0.270 e. The maximum absolute atomic E-state index is 11.9. The summed E-state index contributed by atoms with van der Waals surface area (Å²) in [4.78, 5) is 18.4. The summed E-state index contributed by atoms with van der Waals surface area (Å²) in [6.07, 6.45) is 0. The second kappa shape index (κ2) is 7.57. The van der Waals surface area contributed by atoms with E-state index in [1.54, 1.807) is 5.38 Å². The fraction of sp³-hybridized carbons (Fsp3) is 0.692. The predicted molar refractivity (Wildman–Crippen MR) is 79.3 cm³/mol. The van der Waals surface area contributed by atoms with Crippen LogP contribution in [0, 0.1) is 0 Å². The van der Waals surface area contributed by atoms with Crippen LogP contribution in [0.15, 0.2) is 5.38 Å². The number of nitrogens with zero attached hydrogens (tertiary/aromatic N) is 2. The third-order valence-electron chi connectivity index (χ3n) is 2.94. The minimum atomic E-state index is -0.122. The fourth-order valence-electron chi connectivity index (χ4n) is 2.01. The molecule has 5 nitrogen and oxygen atoms in total. The molecule has 0 atom stereocenters. The van der Waals surface area contributed by atoms with E-state index in [1.165, 1.54) is 11.3 Å². The number of carbonyl (C=O) groups is 1. The molecular weight excluding hydrogens is 260 g/mol. The van der Waals surface area contributed by atoms with Crippen molar-refractivity contribution in [3.8, 4) is 0 Å². The van der Waals surface area contributed by atoms with E-state index in [4.69, 9.17) is 5.73 Å². The van der Waals surface area contributed by atoms with Gasteiger partial charge in [-0.2, -0.15) is 0 Å². The molecule has 0 saturated carbocycles. The topological polar surface area (TPSA) is 71.2 Å². The molecule has 0 aromatic carbocycles. The Morgan fingerprint density at radius 1 is 1.42 bits per heavy atom. The molecule has 0 aliphatic heterocycles. The van der Waals surface area contributed by atoms with Crippen LogP contribution < -0.4 is 11.1 Å². The van der Waals surface area contributed by atoms with Crippen LogP contribution in [-0.4, -0.2) is 41.0 Å². The zero-order valence-electron chi connectivity index (χ0n) is 12.1. The van der Waals surface area contributed by atoms with Gasteiger partial charge in [-0.25, -0.2) is 4.98 Å². The van der Waals surface area contributed by atoms with Gasteiger partial charge in [-0.15, -0.1) is 11.3 Å². The lowest BCUT2D eigenvalue weighted by atomic mass is 10.2. The molecule has 0 radical (unpaired) electrons. The zero-order valence-corrected chi connectivity index (χ0v) is 13.0. The highest BCUT2D eigenvalue weighted by molar-refractivity contribution is 7.09. The number of nitrogens with two attached hydrogens (primary N) is 1. The van der Waals surface area contributed by atoms with Gasteiger partial charge in [0.2, 0.25) is 0 Å². The Kier molecular flexibility index (Phi) is 6.41. The van der Waals surface area contributed by atoms with E-state index in [1.807, 2.05) is 0 Å². The van der Waals surface area contributed by atoms with Crippen molar-refractivity contribution >= 4 is 17.2 Å². The van der Waals surface area contributed by atoms with E-state index >= 15 is 0 Å². The molecule has 0 saturated heterocycles. The van der Waals surface area contributed by atoms with Gasteiger partial charge in [0.25, 0.3) is 5.91 Å². The van der Waals surface area contributed by atoms with Crippen molar-refractivity contribution in [1.29, 1.82) is 0 Å². The Morgan fingerprint density at radius 2 is 2.05 bits per heavy atom. The molecule has 0 bridgehead atoms. The summed E-state index contributed by atoms with van der Waals surface area (Å²) >= 11 is 1.42. The lowest BCUT2D eigenvalue weighted by Crippen LogP contribution is -2.42. The van der Waals surface area contributed by atoms with Gasteiger partial charge in [0.1, 0.15) is 10.7 Å². The van der Waals surface area contributed by atoms with Crippen molar-refractivity contribution < 1.29 is 4.79 Å². The molecule has 1 aromatic heterocycles. The van der Waals surface area contributed by atoms with Crippen LogP contribution in [0.1, 0.15) is 43.2 Å². The molecule has 1 aromatic rings. The summed E-state index contributed by atoms with van der Waals surface area (Å²) in [6.45, 7) is 10.5. The summed E-state index contributed by atoms with van der Waals surface area (Å²) in [7, 11) is 0. The van der Waals surface area contributed by atoms with Gasteiger partial charge in [-0.1, -0.05) is 0 Å². The Balaban J connectivity index is 2.42. The SMILES string of the molecule is CC(C)N(CCNC(=O)c1csc(CN)n1)C(C)C. The lowest BCUT2D eigenvalue weighted by Gasteiger charge is -2.30. The minimum Gasteiger partial charge on any atom is -0.349 e. The molecule has 19 heavy (non-hydrogen) atoms. The van der Waals surface area contributed by atoms with Crippen molar-refractivity contribution in [2.45, 2.75) is 46.3 Å². The summed E-state index contributed by atoms with van der Waals surface area (Å²) in [6, 6.07) is 0.944. The number of thiazole rings is 1. The minimum absolute atomic E-state index is 0.122. The lowest BCUT2D eigenvalue weighted by molar-refractivity contribution is 0.0935. The Labute approximate surface area is 119 Å². The van der Waals surface area contributed by atoms with Gasteiger partial charge < -0.3 is 11.1 Å². The van der Waals surface area contributed by atoms with Crippen LogP contribution in [0.2, 0.25) is 0 Å². The van der Waals surface area contributed by atoms with Crippen LogP contribution >= 0.6 is 11.3 Å². The molecule has 3 N–H and O–H groups in total. The molecule has 6 heteroatoms. The van der Waals surface area contributed by atoms with Gasteiger partial charge in [-0.05, 0) is 27.7 Å². The maximum Gasteiger partial charge on any atom is 0.270 e. The van der Waals surface area contributed by atoms with Crippen LogP contribution in [0.25, 0.3) is 0 Å². The normalized spacial score (nSPS) is 11.6.